The first kappa shape index (κ1) is 18.9. The van der Waals surface area contributed by atoms with E-state index in [1.54, 1.807) is 24.3 Å². The molecule has 0 fully saturated rings. The summed E-state index contributed by atoms with van der Waals surface area (Å²) in [6.45, 7) is 0. The molecule has 152 valence electrons. The van der Waals surface area contributed by atoms with Gasteiger partial charge in [0.2, 0.25) is 6.23 Å². The molecule has 0 spiro atoms. The fourth-order valence-electron chi connectivity index (χ4n) is 3.92. The van der Waals surface area contributed by atoms with E-state index in [9.17, 15) is 8.78 Å². The Morgan fingerprint density at radius 1 is 1.07 bits per heavy atom. The van der Waals surface area contributed by atoms with Crippen molar-refractivity contribution in [1.82, 2.24) is 5.01 Å². The number of halogens is 3. The Morgan fingerprint density at radius 2 is 1.93 bits per heavy atom. The van der Waals surface area contributed by atoms with Gasteiger partial charge in [-0.25, -0.2) is 13.8 Å². The maximum absolute atomic E-state index is 13.9. The zero-order valence-electron chi connectivity index (χ0n) is 16.0. The normalized spacial score (nSPS) is 19.6. The number of ether oxygens (including phenoxy) is 2. The van der Waals surface area contributed by atoms with Crippen LogP contribution in [0.2, 0.25) is 5.02 Å². The second kappa shape index (κ2) is 7.29. The molecule has 0 amide bonds. The third-order valence-electron chi connectivity index (χ3n) is 5.38. The van der Waals surface area contributed by atoms with Crippen LogP contribution in [0.3, 0.4) is 0 Å². The van der Waals surface area contributed by atoms with E-state index >= 15 is 0 Å². The molecule has 2 atom stereocenters. The second-order valence-electron chi connectivity index (χ2n) is 7.20. The van der Waals surface area contributed by atoms with E-state index in [0.717, 1.165) is 34.7 Å². The summed E-state index contributed by atoms with van der Waals surface area (Å²) in [7, 11) is 1.62. The van der Waals surface area contributed by atoms with Gasteiger partial charge in [-0.05, 0) is 42.5 Å². The molecule has 30 heavy (non-hydrogen) atoms. The van der Waals surface area contributed by atoms with Crippen molar-refractivity contribution in [1.29, 1.82) is 0 Å². The number of hydrogen-bond donors (Lipinski definition) is 0. The number of rotatable bonds is 3. The molecule has 0 saturated carbocycles. The SMILES string of the molecule is COc1cccc(C2=NN3[C@@H](C2)c2cc(Cl)ccc2O[C@H]3c2ccc(F)c(F)c2)c1. The fraction of sp³-hybridized carbons (Fsp3) is 0.174. The minimum absolute atomic E-state index is 0.147. The van der Waals surface area contributed by atoms with Crippen LogP contribution in [0.4, 0.5) is 8.78 Å². The van der Waals surface area contributed by atoms with E-state index in [-0.39, 0.29) is 6.04 Å². The zero-order chi connectivity index (χ0) is 20.8. The second-order valence-corrected chi connectivity index (χ2v) is 7.64. The van der Waals surface area contributed by atoms with Gasteiger partial charge in [0.1, 0.15) is 11.5 Å². The van der Waals surface area contributed by atoms with Crippen molar-refractivity contribution < 1.29 is 18.3 Å². The Labute approximate surface area is 177 Å². The molecule has 0 bridgehead atoms. The summed E-state index contributed by atoms with van der Waals surface area (Å²) >= 11 is 6.23. The molecule has 0 aromatic heterocycles. The predicted molar refractivity (Wildman–Crippen MR) is 110 cm³/mol. The largest absolute Gasteiger partial charge is 0.497 e. The molecule has 3 aromatic rings. The Morgan fingerprint density at radius 3 is 2.73 bits per heavy atom. The van der Waals surface area contributed by atoms with Crippen LogP contribution in [-0.4, -0.2) is 17.8 Å². The number of hydrazone groups is 1. The molecule has 4 nitrogen and oxygen atoms in total. The van der Waals surface area contributed by atoms with Crippen molar-refractivity contribution in [3.63, 3.8) is 0 Å². The van der Waals surface area contributed by atoms with Gasteiger partial charge in [-0.1, -0.05) is 29.8 Å². The van der Waals surface area contributed by atoms with Gasteiger partial charge >= 0.3 is 0 Å². The molecule has 2 heterocycles. The lowest BCUT2D eigenvalue weighted by Crippen LogP contribution is -2.33. The Hall–Kier alpha value is -3.12. The van der Waals surface area contributed by atoms with Gasteiger partial charge in [0, 0.05) is 28.1 Å². The number of fused-ring (bicyclic) bond motifs is 3. The van der Waals surface area contributed by atoms with E-state index in [4.69, 9.17) is 26.2 Å². The molecule has 3 aromatic carbocycles. The van der Waals surface area contributed by atoms with Crippen LogP contribution in [0, 0.1) is 11.6 Å². The lowest BCUT2D eigenvalue weighted by molar-refractivity contribution is -0.0192. The van der Waals surface area contributed by atoms with Crippen LogP contribution >= 0.6 is 11.6 Å². The smallest absolute Gasteiger partial charge is 0.213 e. The minimum atomic E-state index is -0.925. The first-order valence-electron chi connectivity index (χ1n) is 9.45. The van der Waals surface area contributed by atoms with Crippen LogP contribution in [-0.2, 0) is 0 Å². The Kier molecular flexibility index (Phi) is 4.59. The molecular formula is C23H17ClF2N2O2. The van der Waals surface area contributed by atoms with E-state index in [0.29, 0.717) is 22.8 Å². The lowest BCUT2D eigenvalue weighted by atomic mass is 9.96. The first-order chi connectivity index (χ1) is 14.5. The molecule has 0 N–H and O–H groups in total. The van der Waals surface area contributed by atoms with Crippen molar-refractivity contribution in [2.75, 3.05) is 7.11 Å². The molecule has 7 heteroatoms. The summed E-state index contributed by atoms with van der Waals surface area (Å²) in [6, 6.07) is 16.7. The molecule has 0 saturated heterocycles. The van der Waals surface area contributed by atoms with Gasteiger partial charge < -0.3 is 9.47 Å². The third kappa shape index (κ3) is 3.17. The highest BCUT2D eigenvalue weighted by atomic mass is 35.5. The van der Waals surface area contributed by atoms with Gasteiger partial charge in [-0.15, -0.1) is 0 Å². The summed E-state index contributed by atoms with van der Waals surface area (Å²) < 4.78 is 38.9. The number of nitrogens with zero attached hydrogens (tertiary/aromatic N) is 2. The summed E-state index contributed by atoms with van der Waals surface area (Å²) in [5.74, 6) is -0.444. The molecule has 0 unspecified atom stereocenters. The summed E-state index contributed by atoms with van der Waals surface area (Å²) in [6.07, 6.45) is -0.0776. The summed E-state index contributed by atoms with van der Waals surface area (Å²) in [5, 5.41) is 7.19. The van der Waals surface area contributed by atoms with Crippen LogP contribution in [0.15, 0.2) is 65.8 Å². The van der Waals surface area contributed by atoms with Gasteiger partial charge in [0.25, 0.3) is 0 Å². The number of benzene rings is 3. The number of hydrogen-bond acceptors (Lipinski definition) is 4. The van der Waals surface area contributed by atoms with E-state index in [2.05, 4.69) is 0 Å². The van der Waals surface area contributed by atoms with Gasteiger partial charge in [-0.2, -0.15) is 5.10 Å². The van der Waals surface area contributed by atoms with Crippen molar-refractivity contribution in [3.8, 4) is 11.5 Å². The van der Waals surface area contributed by atoms with E-state index in [1.807, 2.05) is 30.3 Å². The standard InChI is InChI=1S/C23H17ClF2N2O2/c1-29-16-4-2-3-13(9-16)20-12-21-17-11-15(24)6-8-22(17)30-23(28(21)27-20)14-5-7-18(25)19(26)10-14/h2-11,21,23H,12H2,1H3/t21-,23-/m0/s1. The van der Waals surface area contributed by atoms with Gasteiger partial charge in [0.15, 0.2) is 11.6 Å². The maximum Gasteiger partial charge on any atom is 0.213 e. The molecule has 5 rings (SSSR count). The monoisotopic (exact) mass is 426 g/mol. The predicted octanol–water partition coefficient (Wildman–Crippen LogP) is 5.87. The van der Waals surface area contributed by atoms with Gasteiger partial charge in [0.05, 0.1) is 18.9 Å². The third-order valence-corrected chi connectivity index (χ3v) is 5.62. The van der Waals surface area contributed by atoms with Crippen LogP contribution in [0.5, 0.6) is 11.5 Å². The first-order valence-corrected chi connectivity index (χ1v) is 9.82. The topological polar surface area (TPSA) is 34.1 Å². The van der Waals surface area contributed by atoms with Crippen molar-refractivity contribution in [2.24, 2.45) is 5.10 Å². The lowest BCUT2D eigenvalue weighted by Gasteiger charge is -2.38. The van der Waals surface area contributed by atoms with Crippen molar-refractivity contribution in [3.05, 3.63) is 94.0 Å². The quantitative estimate of drug-likeness (QED) is 0.525. The van der Waals surface area contributed by atoms with E-state index in [1.165, 1.54) is 6.07 Å². The average molecular weight is 427 g/mol. The van der Waals surface area contributed by atoms with E-state index < -0.39 is 17.9 Å². The highest BCUT2D eigenvalue weighted by molar-refractivity contribution is 6.30. The molecule has 2 aliphatic heterocycles. The van der Waals surface area contributed by atoms with Gasteiger partial charge in [-0.3, -0.25) is 0 Å². The Bertz CT molecular complexity index is 1170. The molecule has 2 aliphatic rings. The molecule has 0 aliphatic carbocycles. The fourth-order valence-corrected chi connectivity index (χ4v) is 4.10. The van der Waals surface area contributed by atoms with Crippen LogP contribution in [0.25, 0.3) is 0 Å². The van der Waals surface area contributed by atoms with Crippen molar-refractivity contribution >= 4 is 17.3 Å². The van der Waals surface area contributed by atoms with Crippen LogP contribution < -0.4 is 9.47 Å². The maximum atomic E-state index is 13.9. The molecule has 0 radical (unpaired) electrons. The summed E-state index contributed by atoms with van der Waals surface area (Å²) in [5.41, 5.74) is 3.16. The molecular weight excluding hydrogens is 410 g/mol. The Balaban J connectivity index is 1.60. The highest BCUT2D eigenvalue weighted by Crippen LogP contribution is 2.48. The van der Waals surface area contributed by atoms with Crippen LogP contribution in [0.1, 0.15) is 35.4 Å². The number of methoxy groups -OCH3 is 1. The zero-order valence-corrected chi connectivity index (χ0v) is 16.7. The summed E-state index contributed by atoms with van der Waals surface area (Å²) in [4.78, 5) is 0. The minimum Gasteiger partial charge on any atom is -0.497 e. The average Bonchev–Trinajstić information content (AvgIpc) is 3.21. The highest BCUT2D eigenvalue weighted by Gasteiger charge is 2.41. The van der Waals surface area contributed by atoms with Crippen molar-refractivity contribution in [2.45, 2.75) is 18.7 Å².